The Morgan fingerprint density at radius 3 is 2.79 bits per heavy atom. The van der Waals surface area contributed by atoms with E-state index in [2.05, 4.69) is 5.32 Å². The van der Waals surface area contributed by atoms with E-state index >= 15 is 0 Å². The zero-order valence-corrected chi connectivity index (χ0v) is 11.1. The zero-order valence-electron chi connectivity index (χ0n) is 11.1. The van der Waals surface area contributed by atoms with E-state index in [9.17, 15) is 9.59 Å². The van der Waals surface area contributed by atoms with Gasteiger partial charge in [0.15, 0.2) is 6.61 Å². The monoisotopic (exact) mass is 264 g/mol. The molecule has 2 fully saturated rings. The Kier molecular flexibility index (Phi) is 4.78. The van der Waals surface area contributed by atoms with Crippen LogP contribution >= 0.6 is 0 Å². The van der Waals surface area contributed by atoms with Crippen LogP contribution in [0.3, 0.4) is 0 Å². The van der Waals surface area contributed by atoms with E-state index in [0.29, 0.717) is 24.8 Å². The average Bonchev–Trinajstić information content (AvgIpc) is 2.99. The van der Waals surface area contributed by atoms with Crippen LogP contribution in [0.5, 0.6) is 0 Å². The van der Waals surface area contributed by atoms with Gasteiger partial charge in [-0.1, -0.05) is 6.42 Å². The first kappa shape index (κ1) is 13.9. The molecule has 1 amide bonds. The van der Waals surface area contributed by atoms with E-state index in [1.165, 1.54) is 19.3 Å². The summed E-state index contributed by atoms with van der Waals surface area (Å²) in [5.41, 5.74) is 0. The molecule has 2 aliphatic rings. The molecule has 0 heterocycles. The van der Waals surface area contributed by atoms with Crippen LogP contribution in [0.1, 0.15) is 38.5 Å². The van der Waals surface area contributed by atoms with Gasteiger partial charge in [0.2, 0.25) is 0 Å². The second kappa shape index (κ2) is 6.55. The first-order valence-electron chi connectivity index (χ1n) is 6.98. The van der Waals surface area contributed by atoms with Crippen molar-refractivity contribution in [3.8, 4) is 6.07 Å². The predicted octanol–water partition coefficient (Wildman–Crippen LogP) is 1.39. The highest BCUT2D eigenvalue weighted by Crippen LogP contribution is 2.49. The fourth-order valence-electron chi connectivity index (χ4n) is 3.35. The molecule has 104 valence electrons. The molecule has 2 bridgehead atoms. The molecule has 0 aliphatic heterocycles. The van der Waals surface area contributed by atoms with E-state index in [1.807, 2.05) is 6.07 Å². The Morgan fingerprint density at radius 2 is 2.16 bits per heavy atom. The number of ether oxygens (including phenoxy) is 1. The van der Waals surface area contributed by atoms with Crippen molar-refractivity contribution < 1.29 is 14.3 Å². The summed E-state index contributed by atoms with van der Waals surface area (Å²) in [6.45, 7) is 0.0738. The van der Waals surface area contributed by atoms with Crippen LogP contribution < -0.4 is 5.32 Å². The van der Waals surface area contributed by atoms with E-state index in [4.69, 9.17) is 10.00 Å². The number of nitrogens with one attached hydrogen (secondary N) is 1. The van der Waals surface area contributed by atoms with Crippen LogP contribution in [-0.4, -0.2) is 25.0 Å². The molecule has 19 heavy (non-hydrogen) atoms. The molecule has 0 unspecified atom stereocenters. The van der Waals surface area contributed by atoms with Gasteiger partial charge in [-0.2, -0.15) is 5.26 Å². The molecule has 0 saturated heterocycles. The number of rotatable bonds is 6. The lowest BCUT2D eigenvalue weighted by Crippen LogP contribution is -2.30. The van der Waals surface area contributed by atoms with Crippen LogP contribution in [0.15, 0.2) is 0 Å². The average molecular weight is 264 g/mol. The van der Waals surface area contributed by atoms with E-state index in [-0.39, 0.29) is 24.9 Å². The topological polar surface area (TPSA) is 79.2 Å². The number of carbonyl (C=O) groups excluding carboxylic acids is 2. The summed E-state index contributed by atoms with van der Waals surface area (Å²) < 4.78 is 4.97. The summed E-state index contributed by atoms with van der Waals surface area (Å²) in [6.07, 6.45) is 5.70. The van der Waals surface area contributed by atoms with Gasteiger partial charge in [-0.25, -0.2) is 0 Å². The molecule has 2 saturated carbocycles. The molecular weight excluding hydrogens is 244 g/mol. The van der Waals surface area contributed by atoms with Crippen molar-refractivity contribution in [2.45, 2.75) is 38.5 Å². The fourth-order valence-corrected chi connectivity index (χ4v) is 3.35. The van der Waals surface area contributed by atoms with Gasteiger partial charge in [0, 0.05) is 13.0 Å². The zero-order chi connectivity index (χ0) is 13.7. The Balaban J connectivity index is 1.60. The molecule has 0 aromatic rings. The van der Waals surface area contributed by atoms with Crippen molar-refractivity contribution in [1.82, 2.24) is 5.32 Å². The molecular formula is C14H20N2O3. The maximum absolute atomic E-state index is 11.7. The number of nitriles is 1. The number of carbonyl (C=O) groups is 2. The summed E-state index contributed by atoms with van der Waals surface area (Å²) in [5, 5.41) is 10.8. The van der Waals surface area contributed by atoms with Crippen LogP contribution in [-0.2, 0) is 14.3 Å². The number of hydrogen-bond acceptors (Lipinski definition) is 4. The second-order valence-electron chi connectivity index (χ2n) is 5.56. The van der Waals surface area contributed by atoms with E-state index in [0.717, 1.165) is 12.3 Å². The molecule has 5 nitrogen and oxygen atoms in total. The van der Waals surface area contributed by atoms with Crippen molar-refractivity contribution in [3.05, 3.63) is 0 Å². The minimum absolute atomic E-state index is 0.231. The molecule has 0 aromatic heterocycles. The third-order valence-corrected chi connectivity index (χ3v) is 4.24. The predicted molar refractivity (Wildman–Crippen MR) is 67.8 cm³/mol. The Hall–Kier alpha value is -1.57. The molecule has 1 N–H and O–H groups in total. The van der Waals surface area contributed by atoms with Crippen molar-refractivity contribution in [1.29, 1.82) is 5.26 Å². The number of nitrogens with zero attached hydrogens (tertiary/aromatic N) is 1. The molecule has 5 heteroatoms. The lowest BCUT2D eigenvalue weighted by Gasteiger charge is -2.20. The largest absolute Gasteiger partial charge is 0.456 e. The first-order chi connectivity index (χ1) is 9.19. The quantitative estimate of drug-likeness (QED) is 0.580. The summed E-state index contributed by atoms with van der Waals surface area (Å²) in [6, 6.07) is 1.93. The Morgan fingerprint density at radius 1 is 1.32 bits per heavy atom. The minimum atomic E-state index is -0.337. The highest BCUT2D eigenvalue weighted by Gasteiger charge is 2.40. The Bertz CT molecular complexity index is 389. The number of amides is 1. The minimum Gasteiger partial charge on any atom is -0.456 e. The van der Waals surface area contributed by atoms with E-state index in [1.54, 1.807) is 0 Å². The van der Waals surface area contributed by atoms with Crippen molar-refractivity contribution >= 4 is 11.9 Å². The third-order valence-electron chi connectivity index (χ3n) is 4.24. The lowest BCUT2D eigenvalue weighted by molar-refractivity contribution is -0.149. The van der Waals surface area contributed by atoms with Crippen molar-refractivity contribution in [3.63, 3.8) is 0 Å². The van der Waals surface area contributed by atoms with Gasteiger partial charge in [-0.15, -0.1) is 0 Å². The van der Waals surface area contributed by atoms with Gasteiger partial charge < -0.3 is 10.1 Å². The van der Waals surface area contributed by atoms with Crippen molar-refractivity contribution in [2.75, 3.05) is 13.2 Å². The molecule has 2 aliphatic carbocycles. The van der Waals surface area contributed by atoms with Crippen molar-refractivity contribution in [2.24, 2.45) is 17.8 Å². The number of esters is 1. The highest BCUT2D eigenvalue weighted by molar-refractivity contribution is 5.80. The van der Waals surface area contributed by atoms with Gasteiger partial charge in [-0.05, 0) is 37.0 Å². The summed E-state index contributed by atoms with van der Waals surface area (Å²) >= 11 is 0. The maximum atomic E-state index is 11.7. The van der Waals surface area contributed by atoms with Crippen LogP contribution in [0.25, 0.3) is 0 Å². The van der Waals surface area contributed by atoms with Crippen LogP contribution in [0.4, 0.5) is 0 Å². The smallest absolute Gasteiger partial charge is 0.306 e. The second-order valence-corrected chi connectivity index (χ2v) is 5.56. The van der Waals surface area contributed by atoms with Gasteiger partial charge in [0.1, 0.15) is 0 Å². The normalized spacial score (nSPS) is 27.8. The molecule has 0 radical (unpaired) electrons. The summed E-state index contributed by atoms with van der Waals surface area (Å²) in [7, 11) is 0. The van der Waals surface area contributed by atoms with Gasteiger partial charge >= 0.3 is 5.97 Å². The fraction of sp³-hybridized carbons (Fsp3) is 0.786. The van der Waals surface area contributed by atoms with Crippen LogP contribution in [0, 0.1) is 29.1 Å². The first-order valence-corrected chi connectivity index (χ1v) is 6.98. The van der Waals surface area contributed by atoms with Gasteiger partial charge in [0.05, 0.1) is 12.5 Å². The summed E-state index contributed by atoms with van der Waals surface area (Å²) in [4.78, 5) is 22.9. The van der Waals surface area contributed by atoms with Crippen LogP contribution in [0.2, 0.25) is 0 Å². The SMILES string of the molecule is N#CCCNC(=O)COC(=O)C[C@H]1C[C@H]2CC[C@@H]1C2. The Labute approximate surface area is 113 Å². The maximum Gasteiger partial charge on any atom is 0.306 e. The molecule has 2 rings (SSSR count). The third kappa shape index (κ3) is 3.95. The standard InChI is InChI=1S/C14H20N2O3/c15-4-1-5-16-13(17)9-19-14(18)8-12-7-10-2-3-11(12)6-10/h10-12H,1-3,5-9H2,(H,16,17)/t10-,11+,12+/m0/s1. The van der Waals surface area contributed by atoms with Gasteiger partial charge in [-0.3, -0.25) is 9.59 Å². The number of fused-ring (bicyclic) bond motifs is 2. The highest BCUT2D eigenvalue weighted by atomic mass is 16.5. The molecule has 0 spiro atoms. The molecule has 3 atom stereocenters. The summed E-state index contributed by atoms with van der Waals surface area (Å²) in [5.74, 6) is 1.37. The lowest BCUT2D eigenvalue weighted by atomic mass is 9.86. The number of hydrogen-bond donors (Lipinski definition) is 1. The molecule has 0 aromatic carbocycles. The van der Waals surface area contributed by atoms with Gasteiger partial charge in [0.25, 0.3) is 5.91 Å². The van der Waals surface area contributed by atoms with E-state index < -0.39 is 0 Å².